The largest absolute Gasteiger partial charge is 0.301 e. The molecule has 2 aliphatic heterocycles. The Labute approximate surface area is 148 Å². The number of rotatable bonds is 3. The molecule has 2 fully saturated rings. The molecule has 0 aliphatic carbocycles. The van der Waals surface area contributed by atoms with Crippen molar-refractivity contribution < 1.29 is 0 Å². The third-order valence-electron chi connectivity index (χ3n) is 4.90. The van der Waals surface area contributed by atoms with Crippen LogP contribution >= 0.6 is 26.5 Å². The third-order valence-corrected chi connectivity index (χ3v) is 7.41. The first-order chi connectivity index (χ1) is 11.1. The van der Waals surface area contributed by atoms with E-state index in [9.17, 15) is 0 Å². The molecule has 2 rings (SSSR count). The van der Waals surface area contributed by atoms with Gasteiger partial charge in [-0.05, 0) is 19.4 Å². The summed E-state index contributed by atoms with van der Waals surface area (Å²) in [6, 6.07) is 0. The molecule has 3 unspecified atom stereocenters. The lowest BCUT2D eigenvalue weighted by Crippen LogP contribution is -2.40. The molecular formula is C15H35N5P3+. The monoisotopic (exact) mass is 378 g/mol. The van der Waals surface area contributed by atoms with E-state index in [1.165, 1.54) is 58.5 Å². The van der Waals surface area contributed by atoms with Crippen molar-refractivity contribution in [3.05, 3.63) is 0 Å². The van der Waals surface area contributed by atoms with Crippen LogP contribution in [-0.4, -0.2) is 96.9 Å². The van der Waals surface area contributed by atoms with E-state index in [2.05, 4.69) is 37.9 Å². The van der Waals surface area contributed by atoms with Crippen molar-refractivity contribution in [2.75, 3.05) is 77.8 Å². The van der Waals surface area contributed by atoms with Crippen molar-refractivity contribution in [3.8, 4) is 0 Å². The van der Waals surface area contributed by atoms with Crippen molar-refractivity contribution >= 4 is 26.5 Å². The Morgan fingerprint density at radius 3 is 1.96 bits per heavy atom. The Bertz CT molecular complexity index is 358. The van der Waals surface area contributed by atoms with Crippen LogP contribution in [0.4, 0.5) is 0 Å². The summed E-state index contributed by atoms with van der Waals surface area (Å²) in [7, 11) is 5.22. The lowest BCUT2D eigenvalue weighted by atomic mass is 10.2. The van der Waals surface area contributed by atoms with E-state index in [1.807, 2.05) is 0 Å². The van der Waals surface area contributed by atoms with Crippen LogP contribution in [-0.2, 0) is 0 Å². The van der Waals surface area contributed by atoms with E-state index in [4.69, 9.17) is 5.16 Å². The van der Waals surface area contributed by atoms with E-state index in [1.54, 1.807) is 0 Å². The van der Waals surface area contributed by atoms with Gasteiger partial charge in [0.05, 0.1) is 0 Å². The molecule has 0 amide bonds. The first-order valence-corrected chi connectivity index (χ1v) is 11.8. The van der Waals surface area contributed by atoms with Crippen LogP contribution in [0.3, 0.4) is 0 Å². The fourth-order valence-electron chi connectivity index (χ4n) is 3.17. The molecule has 0 radical (unpaired) electrons. The molecule has 2 saturated heterocycles. The Kier molecular flexibility index (Phi) is 9.99. The van der Waals surface area contributed by atoms with E-state index in [0.29, 0.717) is 0 Å². The molecule has 23 heavy (non-hydrogen) atoms. The Hall–Kier alpha value is 0.800. The van der Waals surface area contributed by atoms with Gasteiger partial charge in [-0.25, -0.2) is 0 Å². The maximum Gasteiger partial charge on any atom is 0.199 e. The molecular weight excluding hydrogens is 343 g/mol. The van der Waals surface area contributed by atoms with Gasteiger partial charge in [0.15, 0.2) is 7.71 Å². The molecule has 0 aromatic carbocycles. The standard InChI is InChI=1S/C15H35N5P3/c16-23-14-12-18(9-11-20(22)13-15-23)7-6-17-4-2-1-3-5-19(21)10-8-17/h16H,1-15,21-22H2/q+1. The second kappa shape index (κ2) is 11.4. The average molecular weight is 378 g/mol. The lowest BCUT2D eigenvalue weighted by molar-refractivity contribution is 0.200. The van der Waals surface area contributed by atoms with E-state index < -0.39 is 7.71 Å². The van der Waals surface area contributed by atoms with Gasteiger partial charge in [0.25, 0.3) is 0 Å². The molecule has 0 saturated carbocycles. The minimum Gasteiger partial charge on any atom is -0.301 e. The molecule has 3 atom stereocenters. The van der Waals surface area contributed by atoms with E-state index in [0.717, 1.165) is 38.5 Å². The zero-order valence-electron chi connectivity index (χ0n) is 14.5. The fraction of sp³-hybridized carbons (Fsp3) is 1.00. The molecule has 5 nitrogen and oxygen atoms in total. The number of hydrogen-bond donors (Lipinski definition) is 1. The van der Waals surface area contributed by atoms with Crippen LogP contribution in [0.5, 0.6) is 0 Å². The molecule has 2 aliphatic rings. The lowest BCUT2D eigenvalue weighted by Gasteiger charge is -2.28. The van der Waals surface area contributed by atoms with Crippen molar-refractivity contribution in [1.29, 1.82) is 5.16 Å². The summed E-state index contributed by atoms with van der Waals surface area (Å²) in [5.41, 5.74) is 0. The van der Waals surface area contributed by atoms with Gasteiger partial charge in [0.2, 0.25) is 0 Å². The maximum absolute atomic E-state index is 8.20. The Morgan fingerprint density at radius 1 is 0.652 bits per heavy atom. The van der Waals surface area contributed by atoms with Gasteiger partial charge in [-0.3, -0.25) is 14.2 Å². The normalized spacial score (nSPS) is 27.5. The highest BCUT2D eigenvalue weighted by atomic mass is 31.1. The summed E-state index contributed by atoms with van der Waals surface area (Å²) in [4.78, 5) is 5.24. The van der Waals surface area contributed by atoms with Crippen molar-refractivity contribution in [1.82, 2.24) is 19.1 Å². The van der Waals surface area contributed by atoms with Gasteiger partial charge in [-0.2, -0.15) is 0 Å². The molecule has 0 aromatic heterocycles. The van der Waals surface area contributed by atoms with Gasteiger partial charge in [-0.15, -0.1) is 5.16 Å². The second-order valence-corrected chi connectivity index (χ2v) is 10.2. The van der Waals surface area contributed by atoms with Gasteiger partial charge in [0, 0.05) is 58.9 Å². The zero-order valence-corrected chi connectivity index (χ0v) is 17.7. The molecule has 134 valence electrons. The van der Waals surface area contributed by atoms with Crippen LogP contribution in [0.25, 0.3) is 0 Å². The maximum atomic E-state index is 8.20. The highest BCUT2D eigenvalue weighted by Gasteiger charge is 2.19. The van der Waals surface area contributed by atoms with Crippen molar-refractivity contribution in [2.45, 2.75) is 19.3 Å². The quantitative estimate of drug-likeness (QED) is 0.765. The van der Waals surface area contributed by atoms with Crippen molar-refractivity contribution in [2.24, 2.45) is 0 Å². The van der Waals surface area contributed by atoms with Crippen LogP contribution in [0.2, 0.25) is 0 Å². The first kappa shape index (κ1) is 20.1. The predicted octanol–water partition coefficient (Wildman–Crippen LogP) is 2.22. The summed E-state index contributed by atoms with van der Waals surface area (Å²) < 4.78 is 4.73. The average Bonchev–Trinajstić information content (AvgIpc) is 2.69. The van der Waals surface area contributed by atoms with Crippen molar-refractivity contribution in [3.63, 3.8) is 0 Å². The zero-order chi connectivity index (χ0) is 16.5. The molecule has 2 heterocycles. The van der Waals surface area contributed by atoms with Crippen LogP contribution in [0.15, 0.2) is 0 Å². The van der Waals surface area contributed by atoms with Gasteiger partial charge < -0.3 is 4.90 Å². The third kappa shape index (κ3) is 8.63. The SMILES string of the molecule is N=[P+]1CCN(P)CCN(CCN2CCCCCN(P)CC2)CC1. The predicted molar refractivity (Wildman–Crippen MR) is 109 cm³/mol. The second-order valence-electron chi connectivity index (χ2n) is 6.80. The van der Waals surface area contributed by atoms with Crippen LogP contribution in [0, 0.1) is 5.16 Å². The summed E-state index contributed by atoms with van der Waals surface area (Å²) >= 11 is 0. The Morgan fingerprint density at radius 2 is 1.22 bits per heavy atom. The summed E-state index contributed by atoms with van der Waals surface area (Å²) in [5.74, 6) is 0. The van der Waals surface area contributed by atoms with Crippen LogP contribution < -0.4 is 0 Å². The summed E-state index contributed by atoms with van der Waals surface area (Å²) in [6.45, 7) is 11.7. The first-order valence-electron chi connectivity index (χ1n) is 9.03. The Balaban J connectivity index is 1.77. The smallest absolute Gasteiger partial charge is 0.199 e. The van der Waals surface area contributed by atoms with E-state index >= 15 is 0 Å². The van der Waals surface area contributed by atoms with Gasteiger partial charge in [-0.1, -0.05) is 25.2 Å². The summed E-state index contributed by atoms with van der Waals surface area (Å²) in [6.07, 6.45) is 6.20. The molecule has 0 spiro atoms. The number of nitrogens with zero attached hydrogens (tertiary/aromatic N) is 4. The minimum absolute atomic E-state index is 0.518. The molecule has 8 heteroatoms. The summed E-state index contributed by atoms with van der Waals surface area (Å²) in [5, 5.41) is 8.20. The van der Waals surface area contributed by atoms with Crippen LogP contribution in [0.1, 0.15) is 19.3 Å². The highest BCUT2D eigenvalue weighted by molar-refractivity contribution is 7.46. The van der Waals surface area contributed by atoms with Gasteiger partial charge in [0.1, 0.15) is 12.3 Å². The van der Waals surface area contributed by atoms with E-state index in [-0.39, 0.29) is 0 Å². The molecule has 0 aromatic rings. The topological polar surface area (TPSA) is 36.8 Å². The highest BCUT2D eigenvalue weighted by Crippen LogP contribution is 2.22. The minimum atomic E-state index is -0.518. The molecule has 1 N–H and O–H groups in total. The molecule has 0 bridgehead atoms. The fourth-order valence-corrected chi connectivity index (χ4v) is 5.17. The van der Waals surface area contributed by atoms with Gasteiger partial charge >= 0.3 is 0 Å². The number of hydrogen-bond acceptors (Lipinski definition) is 5. The number of nitrogens with one attached hydrogen (secondary N) is 1.